The third-order valence-electron chi connectivity index (χ3n) is 3.98. The van der Waals surface area contributed by atoms with Crippen LogP contribution >= 0.6 is 15.9 Å². The molecule has 2 rings (SSSR count). The number of para-hydroxylation sites is 1. The van der Waals surface area contributed by atoms with Crippen LogP contribution < -0.4 is 4.90 Å². The second-order valence-corrected chi connectivity index (χ2v) is 6.56. The molecule has 1 aromatic carbocycles. The van der Waals surface area contributed by atoms with Gasteiger partial charge in [-0.05, 0) is 45.8 Å². The first kappa shape index (κ1) is 13.4. The lowest BCUT2D eigenvalue weighted by atomic mass is 9.72. The van der Waals surface area contributed by atoms with E-state index < -0.39 is 0 Å². The standard InChI is InChI=1S/C15H19BrN2/c1-15(2)11-18(10-8-12(15)7-9-17)14-6-4-3-5-13(14)16/h3-6,12H,7-8,10-11H2,1-2H3. The van der Waals surface area contributed by atoms with E-state index in [2.05, 4.69) is 58.9 Å². The van der Waals surface area contributed by atoms with Crippen LogP contribution in [0.15, 0.2) is 28.7 Å². The molecule has 0 amide bonds. The molecule has 1 aliphatic heterocycles. The van der Waals surface area contributed by atoms with Gasteiger partial charge in [0, 0.05) is 24.0 Å². The number of piperidine rings is 1. The quantitative estimate of drug-likeness (QED) is 0.818. The van der Waals surface area contributed by atoms with Gasteiger partial charge in [-0.1, -0.05) is 26.0 Å². The van der Waals surface area contributed by atoms with Crippen LogP contribution in [-0.4, -0.2) is 13.1 Å². The van der Waals surface area contributed by atoms with Crippen LogP contribution in [0, 0.1) is 22.7 Å². The molecule has 0 aliphatic carbocycles. The number of anilines is 1. The summed E-state index contributed by atoms with van der Waals surface area (Å²) < 4.78 is 1.15. The van der Waals surface area contributed by atoms with Crippen LogP contribution in [0.5, 0.6) is 0 Å². The lowest BCUT2D eigenvalue weighted by Gasteiger charge is -2.45. The second kappa shape index (κ2) is 5.32. The Morgan fingerprint density at radius 3 is 2.78 bits per heavy atom. The highest BCUT2D eigenvalue weighted by Gasteiger charge is 2.35. The van der Waals surface area contributed by atoms with Gasteiger partial charge in [-0.2, -0.15) is 5.26 Å². The first-order chi connectivity index (χ1) is 8.54. The first-order valence-electron chi connectivity index (χ1n) is 6.41. The Hall–Kier alpha value is -1.01. The Morgan fingerprint density at radius 2 is 2.17 bits per heavy atom. The van der Waals surface area contributed by atoms with Gasteiger partial charge in [-0.25, -0.2) is 0 Å². The van der Waals surface area contributed by atoms with E-state index in [-0.39, 0.29) is 5.41 Å². The van der Waals surface area contributed by atoms with E-state index >= 15 is 0 Å². The molecule has 0 radical (unpaired) electrons. The Bertz CT molecular complexity index is 462. The van der Waals surface area contributed by atoms with Crippen molar-refractivity contribution in [3.05, 3.63) is 28.7 Å². The van der Waals surface area contributed by atoms with Crippen molar-refractivity contribution in [3.63, 3.8) is 0 Å². The molecule has 0 N–H and O–H groups in total. The molecule has 0 aromatic heterocycles. The van der Waals surface area contributed by atoms with Crippen molar-refractivity contribution in [2.45, 2.75) is 26.7 Å². The van der Waals surface area contributed by atoms with Gasteiger partial charge in [0.25, 0.3) is 0 Å². The molecule has 1 unspecified atom stereocenters. The van der Waals surface area contributed by atoms with Gasteiger partial charge < -0.3 is 4.90 Å². The van der Waals surface area contributed by atoms with Crippen molar-refractivity contribution in [1.29, 1.82) is 5.26 Å². The van der Waals surface area contributed by atoms with E-state index in [0.29, 0.717) is 12.3 Å². The number of nitrogens with zero attached hydrogens (tertiary/aromatic N) is 2. The van der Waals surface area contributed by atoms with Crippen molar-refractivity contribution in [3.8, 4) is 6.07 Å². The average molecular weight is 307 g/mol. The summed E-state index contributed by atoms with van der Waals surface area (Å²) in [5.41, 5.74) is 1.46. The molecular formula is C15H19BrN2. The summed E-state index contributed by atoms with van der Waals surface area (Å²) in [4.78, 5) is 2.43. The van der Waals surface area contributed by atoms with E-state index in [1.54, 1.807) is 0 Å². The minimum Gasteiger partial charge on any atom is -0.370 e. The topological polar surface area (TPSA) is 27.0 Å². The van der Waals surface area contributed by atoms with Gasteiger partial charge in [0.15, 0.2) is 0 Å². The largest absolute Gasteiger partial charge is 0.370 e. The van der Waals surface area contributed by atoms with Crippen molar-refractivity contribution in [2.75, 3.05) is 18.0 Å². The smallest absolute Gasteiger partial charge is 0.0624 e. The lowest BCUT2D eigenvalue weighted by molar-refractivity contribution is 0.179. The molecule has 1 saturated heterocycles. The molecule has 1 aliphatic rings. The van der Waals surface area contributed by atoms with Crippen molar-refractivity contribution < 1.29 is 0 Å². The molecule has 18 heavy (non-hydrogen) atoms. The Labute approximate surface area is 118 Å². The fraction of sp³-hybridized carbons (Fsp3) is 0.533. The second-order valence-electron chi connectivity index (χ2n) is 5.71. The normalized spacial score (nSPS) is 22.6. The number of halogens is 1. The number of benzene rings is 1. The average Bonchev–Trinajstić information content (AvgIpc) is 2.32. The van der Waals surface area contributed by atoms with E-state index in [1.807, 2.05) is 6.07 Å². The number of hydrogen-bond acceptors (Lipinski definition) is 2. The molecule has 2 nitrogen and oxygen atoms in total. The Kier molecular flexibility index (Phi) is 3.97. The predicted molar refractivity (Wildman–Crippen MR) is 78.5 cm³/mol. The zero-order chi connectivity index (χ0) is 13.2. The lowest BCUT2D eigenvalue weighted by Crippen LogP contribution is -2.45. The summed E-state index contributed by atoms with van der Waals surface area (Å²) in [5.74, 6) is 0.515. The molecule has 1 aromatic rings. The summed E-state index contributed by atoms with van der Waals surface area (Å²) >= 11 is 3.62. The van der Waals surface area contributed by atoms with Gasteiger partial charge in [0.05, 0.1) is 11.8 Å². The monoisotopic (exact) mass is 306 g/mol. The zero-order valence-electron chi connectivity index (χ0n) is 11.0. The van der Waals surface area contributed by atoms with Gasteiger partial charge in [0.1, 0.15) is 0 Å². The predicted octanol–water partition coefficient (Wildman–Crippen LogP) is 4.22. The van der Waals surface area contributed by atoms with Crippen molar-refractivity contribution >= 4 is 21.6 Å². The van der Waals surface area contributed by atoms with Crippen LogP contribution in [0.25, 0.3) is 0 Å². The number of hydrogen-bond donors (Lipinski definition) is 0. The maximum absolute atomic E-state index is 8.91. The fourth-order valence-corrected chi connectivity index (χ4v) is 3.34. The van der Waals surface area contributed by atoms with Gasteiger partial charge in [-0.3, -0.25) is 0 Å². The fourth-order valence-electron chi connectivity index (χ4n) is 2.80. The number of rotatable bonds is 2. The Balaban J connectivity index is 2.17. The molecule has 1 fully saturated rings. The molecule has 1 atom stereocenters. The summed E-state index contributed by atoms with van der Waals surface area (Å²) in [6, 6.07) is 10.7. The molecular weight excluding hydrogens is 288 g/mol. The third-order valence-corrected chi connectivity index (χ3v) is 4.65. The van der Waals surface area contributed by atoms with Gasteiger partial charge in [-0.15, -0.1) is 0 Å². The van der Waals surface area contributed by atoms with Gasteiger partial charge >= 0.3 is 0 Å². The SMILES string of the molecule is CC1(C)CN(c2ccccc2Br)CCC1CC#N. The van der Waals surface area contributed by atoms with Crippen molar-refractivity contribution in [1.82, 2.24) is 0 Å². The molecule has 0 saturated carbocycles. The number of nitriles is 1. The first-order valence-corrected chi connectivity index (χ1v) is 7.20. The molecule has 1 heterocycles. The van der Waals surface area contributed by atoms with E-state index in [9.17, 15) is 0 Å². The third kappa shape index (κ3) is 2.70. The van der Waals surface area contributed by atoms with E-state index in [1.165, 1.54) is 5.69 Å². The Morgan fingerprint density at radius 1 is 1.44 bits per heavy atom. The molecule has 3 heteroatoms. The molecule has 0 bridgehead atoms. The minimum absolute atomic E-state index is 0.198. The summed E-state index contributed by atoms with van der Waals surface area (Å²) in [6.07, 6.45) is 1.78. The van der Waals surface area contributed by atoms with Crippen LogP contribution in [0.3, 0.4) is 0 Å². The van der Waals surface area contributed by atoms with Gasteiger partial charge in [0.2, 0.25) is 0 Å². The highest BCUT2D eigenvalue weighted by atomic mass is 79.9. The highest BCUT2D eigenvalue weighted by Crippen LogP contribution is 2.40. The summed E-state index contributed by atoms with van der Waals surface area (Å²) in [6.45, 7) is 6.61. The maximum atomic E-state index is 8.91. The highest BCUT2D eigenvalue weighted by molar-refractivity contribution is 9.10. The van der Waals surface area contributed by atoms with E-state index in [0.717, 1.165) is 24.0 Å². The van der Waals surface area contributed by atoms with E-state index in [4.69, 9.17) is 5.26 Å². The van der Waals surface area contributed by atoms with Crippen molar-refractivity contribution in [2.24, 2.45) is 11.3 Å². The van der Waals surface area contributed by atoms with Crippen LogP contribution in [-0.2, 0) is 0 Å². The minimum atomic E-state index is 0.198. The maximum Gasteiger partial charge on any atom is 0.0624 e. The molecule has 0 spiro atoms. The van der Waals surface area contributed by atoms with Crippen LogP contribution in [0.4, 0.5) is 5.69 Å². The van der Waals surface area contributed by atoms with Crippen LogP contribution in [0.2, 0.25) is 0 Å². The summed E-state index contributed by atoms with van der Waals surface area (Å²) in [7, 11) is 0. The summed E-state index contributed by atoms with van der Waals surface area (Å²) in [5, 5.41) is 8.91. The van der Waals surface area contributed by atoms with Crippen LogP contribution in [0.1, 0.15) is 26.7 Å². The zero-order valence-corrected chi connectivity index (χ0v) is 12.6. The molecule has 96 valence electrons.